The molecule has 0 radical (unpaired) electrons. The highest BCUT2D eigenvalue weighted by molar-refractivity contribution is 6.21. The fraction of sp³-hybridized carbons (Fsp3) is 0.625. The zero-order valence-electron chi connectivity index (χ0n) is 19.8. The lowest BCUT2D eigenvalue weighted by molar-refractivity contribution is -0.145. The maximum atomic E-state index is 12.2. The third kappa shape index (κ3) is 10.3. The number of amides is 2. The van der Waals surface area contributed by atoms with Crippen molar-refractivity contribution in [2.75, 3.05) is 79.2 Å². The van der Waals surface area contributed by atoms with Crippen molar-refractivity contribution in [2.24, 2.45) is 0 Å². The van der Waals surface area contributed by atoms with Gasteiger partial charge in [-0.05, 0) is 18.6 Å². The Labute approximate surface area is 200 Å². The van der Waals surface area contributed by atoms with E-state index in [9.17, 15) is 14.4 Å². The molecule has 1 aliphatic rings. The minimum absolute atomic E-state index is 0.199. The number of carbonyl (C=O) groups excluding carboxylic acids is 3. The first-order valence-electron chi connectivity index (χ1n) is 11.6. The molecule has 0 bridgehead atoms. The third-order valence-electron chi connectivity index (χ3n) is 4.77. The number of benzene rings is 1. The molecule has 0 unspecified atom stereocenters. The number of ether oxygens (including phenoxy) is 6. The maximum absolute atomic E-state index is 12.2. The Hall–Kier alpha value is -2.37. The molecule has 1 aromatic carbocycles. The summed E-state index contributed by atoms with van der Waals surface area (Å²) in [7, 11) is 0. The Morgan fingerprint density at radius 3 is 1.53 bits per heavy atom. The molecule has 10 heteroatoms. The van der Waals surface area contributed by atoms with Crippen LogP contribution in [0.3, 0.4) is 0 Å². The highest BCUT2D eigenvalue weighted by Gasteiger charge is 2.34. The molecule has 1 aromatic rings. The van der Waals surface area contributed by atoms with Gasteiger partial charge in [-0.1, -0.05) is 19.1 Å². The lowest BCUT2D eigenvalue weighted by Gasteiger charge is -2.13. The highest BCUT2D eigenvalue weighted by Crippen LogP contribution is 2.21. The average molecular weight is 482 g/mol. The van der Waals surface area contributed by atoms with E-state index in [1.165, 1.54) is 4.90 Å². The summed E-state index contributed by atoms with van der Waals surface area (Å²) in [6.45, 7) is 6.45. The van der Waals surface area contributed by atoms with Crippen LogP contribution in [0.15, 0.2) is 24.3 Å². The number of esters is 1. The van der Waals surface area contributed by atoms with Gasteiger partial charge in [-0.3, -0.25) is 19.3 Å². The van der Waals surface area contributed by atoms with Crippen LogP contribution >= 0.6 is 0 Å². The van der Waals surface area contributed by atoms with Crippen LogP contribution in [0.1, 0.15) is 40.5 Å². The smallest absolute Gasteiger partial charge is 0.305 e. The van der Waals surface area contributed by atoms with Crippen LogP contribution in [0.25, 0.3) is 0 Å². The molecular formula is C24H35NO9. The van der Waals surface area contributed by atoms with Crippen molar-refractivity contribution >= 4 is 17.8 Å². The van der Waals surface area contributed by atoms with E-state index in [0.717, 1.165) is 6.42 Å². The second-order valence-electron chi connectivity index (χ2n) is 7.34. The van der Waals surface area contributed by atoms with Gasteiger partial charge < -0.3 is 28.4 Å². The van der Waals surface area contributed by atoms with E-state index >= 15 is 0 Å². The molecule has 0 aromatic heterocycles. The fourth-order valence-electron chi connectivity index (χ4n) is 3.07. The van der Waals surface area contributed by atoms with Gasteiger partial charge in [0.15, 0.2) is 0 Å². The molecule has 0 saturated heterocycles. The van der Waals surface area contributed by atoms with Crippen LogP contribution in [0.2, 0.25) is 0 Å². The van der Waals surface area contributed by atoms with Gasteiger partial charge in [-0.2, -0.15) is 0 Å². The molecule has 0 saturated carbocycles. The minimum Gasteiger partial charge on any atom is -0.463 e. The first-order chi connectivity index (χ1) is 16.6. The summed E-state index contributed by atoms with van der Waals surface area (Å²) in [5.41, 5.74) is 0.883. The van der Waals surface area contributed by atoms with Crippen molar-refractivity contribution in [3.63, 3.8) is 0 Å². The van der Waals surface area contributed by atoms with Crippen molar-refractivity contribution in [1.82, 2.24) is 4.90 Å². The molecule has 1 heterocycles. The number of rotatable bonds is 20. The van der Waals surface area contributed by atoms with Crippen molar-refractivity contribution in [2.45, 2.75) is 19.8 Å². The Kier molecular flexibility index (Phi) is 14.0. The number of fused-ring (bicyclic) bond motifs is 1. The van der Waals surface area contributed by atoms with E-state index < -0.39 is 0 Å². The molecule has 0 spiro atoms. The van der Waals surface area contributed by atoms with Crippen LogP contribution in [0, 0.1) is 0 Å². The van der Waals surface area contributed by atoms with E-state index in [4.69, 9.17) is 28.4 Å². The van der Waals surface area contributed by atoms with Gasteiger partial charge in [0.25, 0.3) is 11.8 Å². The zero-order valence-corrected chi connectivity index (χ0v) is 19.8. The van der Waals surface area contributed by atoms with Crippen molar-refractivity contribution in [1.29, 1.82) is 0 Å². The maximum Gasteiger partial charge on any atom is 0.305 e. The van der Waals surface area contributed by atoms with Crippen molar-refractivity contribution < 1.29 is 42.8 Å². The molecule has 1 aliphatic heterocycles. The SMILES string of the molecule is CCCC(=O)OCCOCCOCCOCCOCCOCCN1C(=O)c2ccccc2C1=O. The monoisotopic (exact) mass is 481 g/mol. The summed E-state index contributed by atoms with van der Waals surface area (Å²) in [6, 6.07) is 6.80. The van der Waals surface area contributed by atoms with E-state index in [-0.39, 0.29) is 37.5 Å². The Bertz CT molecular complexity index is 721. The number of nitrogens with zero attached hydrogens (tertiary/aromatic N) is 1. The molecule has 0 fully saturated rings. The van der Waals surface area contributed by atoms with E-state index in [1.54, 1.807) is 24.3 Å². The van der Waals surface area contributed by atoms with Crippen LogP contribution in [0.4, 0.5) is 0 Å². The standard InChI is InChI=1S/C24H35NO9/c1-2-5-22(26)34-19-18-33-17-16-32-15-14-31-13-12-30-11-10-29-9-8-25-23(27)20-6-3-4-7-21(20)24(25)28/h3-4,6-7H,2,5,8-19H2,1H3. The fourth-order valence-corrected chi connectivity index (χ4v) is 3.07. The normalized spacial score (nSPS) is 12.9. The molecule has 2 amide bonds. The van der Waals surface area contributed by atoms with E-state index in [2.05, 4.69) is 0 Å². The second-order valence-corrected chi connectivity index (χ2v) is 7.34. The zero-order chi connectivity index (χ0) is 24.4. The lowest BCUT2D eigenvalue weighted by atomic mass is 10.1. The Morgan fingerprint density at radius 1 is 0.676 bits per heavy atom. The number of carbonyl (C=O) groups is 3. The molecular weight excluding hydrogens is 446 g/mol. The van der Waals surface area contributed by atoms with Crippen LogP contribution in [-0.4, -0.2) is 102 Å². The first kappa shape index (κ1) is 27.9. The van der Waals surface area contributed by atoms with Gasteiger partial charge in [-0.25, -0.2) is 0 Å². The number of hydrogen-bond donors (Lipinski definition) is 0. The Balaban J connectivity index is 1.30. The molecule has 190 valence electrons. The van der Waals surface area contributed by atoms with Gasteiger partial charge in [0.1, 0.15) is 6.61 Å². The van der Waals surface area contributed by atoms with Crippen molar-refractivity contribution in [3.8, 4) is 0 Å². The van der Waals surface area contributed by atoms with Gasteiger partial charge in [-0.15, -0.1) is 0 Å². The van der Waals surface area contributed by atoms with Gasteiger partial charge in [0.05, 0.1) is 83.7 Å². The minimum atomic E-state index is -0.279. The van der Waals surface area contributed by atoms with Gasteiger partial charge >= 0.3 is 5.97 Å². The average Bonchev–Trinajstić information content (AvgIpc) is 3.08. The summed E-state index contributed by atoms with van der Waals surface area (Å²) in [5.74, 6) is -0.756. The third-order valence-corrected chi connectivity index (χ3v) is 4.77. The quantitative estimate of drug-likeness (QED) is 0.156. The predicted molar refractivity (Wildman–Crippen MR) is 122 cm³/mol. The summed E-state index contributed by atoms with van der Waals surface area (Å²) in [5, 5.41) is 0. The summed E-state index contributed by atoms with van der Waals surface area (Å²) < 4.78 is 31.9. The van der Waals surface area contributed by atoms with E-state index in [1.807, 2.05) is 6.92 Å². The molecule has 10 nitrogen and oxygen atoms in total. The summed E-state index contributed by atoms with van der Waals surface area (Å²) in [4.78, 5) is 36.8. The van der Waals surface area contributed by atoms with Crippen molar-refractivity contribution in [3.05, 3.63) is 35.4 Å². The van der Waals surface area contributed by atoms with Gasteiger partial charge in [0.2, 0.25) is 0 Å². The van der Waals surface area contributed by atoms with E-state index in [0.29, 0.717) is 77.0 Å². The van der Waals surface area contributed by atoms with Gasteiger partial charge in [0, 0.05) is 6.42 Å². The van der Waals surface area contributed by atoms with Crippen LogP contribution in [0.5, 0.6) is 0 Å². The molecule has 2 rings (SSSR count). The highest BCUT2D eigenvalue weighted by atomic mass is 16.6. The summed E-state index contributed by atoms with van der Waals surface area (Å²) >= 11 is 0. The topological polar surface area (TPSA) is 110 Å². The van der Waals surface area contributed by atoms with Crippen LogP contribution < -0.4 is 0 Å². The Morgan fingerprint density at radius 2 is 1.09 bits per heavy atom. The molecule has 0 N–H and O–H groups in total. The molecule has 34 heavy (non-hydrogen) atoms. The predicted octanol–water partition coefficient (Wildman–Crippen LogP) is 1.71. The lowest BCUT2D eigenvalue weighted by Crippen LogP contribution is -2.33. The largest absolute Gasteiger partial charge is 0.463 e. The number of imide groups is 1. The van der Waals surface area contributed by atoms with Crippen LogP contribution in [-0.2, 0) is 33.2 Å². The first-order valence-corrected chi connectivity index (χ1v) is 11.6. The number of hydrogen-bond acceptors (Lipinski definition) is 9. The molecule has 0 aliphatic carbocycles. The second kappa shape index (κ2) is 17.1. The summed E-state index contributed by atoms with van der Waals surface area (Å²) in [6.07, 6.45) is 1.21. The molecule has 0 atom stereocenters.